The molecule has 0 aromatic heterocycles. The Labute approximate surface area is 112 Å². The standard InChI is InChI=1S/C16H27NO/c1-6-16(4,5)17-11-14-7-9-15(10-8-14)18-12-13(2)3/h7-10,13,17H,6,11-12H2,1-5H3. The molecule has 1 aromatic carbocycles. The van der Waals surface area contributed by atoms with Gasteiger partial charge in [0, 0.05) is 12.1 Å². The Bertz CT molecular complexity index is 341. The Morgan fingerprint density at radius 3 is 2.28 bits per heavy atom. The average molecular weight is 249 g/mol. The molecule has 0 saturated carbocycles. The smallest absolute Gasteiger partial charge is 0.119 e. The first-order valence-electron chi connectivity index (χ1n) is 6.89. The van der Waals surface area contributed by atoms with E-state index in [0.717, 1.165) is 25.3 Å². The maximum atomic E-state index is 5.67. The number of hydrogen-bond donors (Lipinski definition) is 1. The predicted octanol–water partition coefficient (Wildman–Crippen LogP) is 4.00. The predicted molar refractivity (Wildman–Crippen MR) is 78.0 cm³/mol. The highest BCUT2D eigenvalue weighted by Crippen LogP contribution is 2.14. The number of hydrogen-bond acceptors (Lipinski definition) is 2. The van der Waals surface area contributed by atoms with Crippen molar-refractivity contribution in [2.24, 2.45) is 5.92 Å². The van der Waals surface area contributed by atoms with Crippen LogP contribution in [0.5, 0.6) is 5.75 Å². The highest BCUT2D eigenvalue weighted by atomic mass is 16.5. The number of benzene rings is 1. The highest BCUT2D eigenvalue weighted by Gasteiger charge is 2.13. The summed E-state index contributed by atoms with van der Waals surface area (Å²) >= 11 is 0. The van der Waals surface area contributed by atoms with E-state index >= 15 is 0 Å². The molecule has 0 heterocycles. The van der Waals surface area contributed by atoms with Gasteiger partial charge in [-0.15, -0.1) is 0 Å². The third kappa shape index (κ3) is 5.54. The molecule has 0 radical (unpaired) electrons. The Balaban J connectivity index is 2.45. The molecular weight excluding hydrogens is 222 g/mol. The molecule has 102 valence electrons. The van der Waals surface area contributed by atoms with E-state index in [1.165, 1.54) is 5.56 Å². The van der Waals surface area contributed by atoms with Crippen LogP contribution in [0, 0.1) is 5.92 Å². The van der Waals surface area contributed by atoms with E-state index in [-0.39, 0.29) is 5.54 Å². The van der Waals surface area contributed by atoms with Gasteiger partial charge in [0.2, 0.25) is 0 Å². The van der Waals surface area contributed by atoms with Gasteiger partial charge in [-0.05, 0) is 43.9 Å². The van der Waals surface area contributed by atoms with Gasteiger partial charge in [-0.2, -0.15) is 0 Å². The summed E-state index contributed by atoms with van der Waals surface area (Å²) in [6.07, 6.45) is 1.13. The average Bonchev–Trinajstić information content (AvgIpc) is 2.35. The third-order valence-corrected chi connectivity index (χ3v) is 3.16. The van der Waals surface area contributed by atoms with Gasteiger partial charge in [0.15, 0.2) is 0 Å². The second kappa shape index (κ2) is 6.79. The van der Waals surface area contributed by atoms with Crippen molar-refractivity contribution < 1.29 is 4.74 Å². The Hall–Kier alpha value is -1.02. The van der Waals surface area contributed by atoms with Crippen LogP contribution in [-0.2, 0) is 6.54 Å². The summed E-state index contributed by atoms with van der Waals surface area (Å²) in [4.78, 5) is 0. The van der Waals surface area contributed by atoms with E-state index in [1.807, 2.05) is 0 Å². The third-order valence-electron chi connectivity index (χ3n) is 3.16. The van der Waals surface area contributed by atoms with Gasteiger partial charge >= 0.3 is 0 Å². The van der Waals surface area contributed by atoms with Crippen LogP contribution in [0.25, 0.3) is 0 Å². The van der Waals surface area contributed by atoms with Crippen molar-refractivity contribution in [2.75, 3.05) is 6.61 Å². The topological polar surface area (TPSA) is 21.3 Å². The molecule has 0 aliphatic heterocycles. The first-order chi connectivity index (χ1) is 8.43. The molecule has 2 heteroatoms. The largest absolute Gasteiger partial charge is 0.493 e. The van der Waals surface area contributed by atoms with Gasteiger partial charge in [0.05, 0.1) is 6.61 Å². The second-order valence-electron chi connectivity index (χ2n) is 5.94. The van der Waals surface area contributed by atoms with Crippen molar-refractivity contribution in [3.8, 4) is 5.75 Å². The molecule has 0 amide bonds. The fourth-order valence-corrected chi connectivity index (χ4v) is 1.43. The van der Waals surface area contributed by atoms with Gasteiger partial charge < -0.3 is 10.1 Å². The molecule has 2 nitrogen and oxygen atoms in total. The van der Waals surface area contributed by atoms with E-state index < -0.39 is 0 Å². The lowest BCUT2D eigenvalue weighted by Crippen LogP contribution is -2.37. The minimum absolute atomic E-state index is 0.201. The molecule has 0 aliphatic carbocycles. The maximum absolute atomic E-state index is 5.67. The van der Waals surface area contributed by atoms with Crippen LogP contribution in [-0.4, -0.2) is 12.1 Å². The quantitative estimate of drug-likeness (QED) is 0.788. The minimum atomic E-state index is 0.201. The molecule has 1 rings (SSSR count). The van der Waals surface area contributed by atoms with Crippen molar-refractivity contribution >= 4 is 0 Å². The lowest BCUT2D eigenvalue weighted by atomic mass is 10.0. The molecule has 0 bridgehead atoms. The fourth-order valence-electron chi connectivity index (χ4n) is 1.43. The monoisotopic (exact) mass is 249 g/mol. The first-order valence-corrected chi connectivity index (χ1v) is 6.89. The number of ether oxygens (including phenoxy) is 1. The lowest BCUT2D eigenvalue weighted by Gasteiger charge is -2.24. The van der Waals surface area contributed by atoms with Gasteiger partial charge in [-0.1, -0.05) is 32.9 Å². The lowest BCUT2D eigenvalue weighted by molar-refractivity contribution is 0.271. The number of rotatable bonds is 7. The SMILES string of the molecule is CCC(C)(C)NCc1ccc(OCC(C)C)cc1. The van der Waals surface area contributed by atoms with E-state index in [4.69, 9.17) is 4.74 Å². The summed E-state index contributed by atoms with van der Waals surface area (Å²) in [5.41, 5.74) is 1.50. The Morgan fingerprint density at radius 1 is 1.17 bits per heavy atom. The molecule has 0 fully saturated rings. The Morgan fingerprint density at radius 2 is 1.78 bits per heavy atom. The van der Waals surface area contributed by atoms with Crippen molar-refractivity contribution in [1.29, 1.82) is 0 Å². The van der Waals surface area contributed by atoms with Crippen molar-refractivity contribution in [1.82, 2.24) is 5.32 Å². The molecule has 0 atom stereocenters. The summed E-state index contributed by atoms with van der Waals surface area (Å²) in [6.45, 7) is 12.7. The van der Waals surface area contributed by atoms with Crippen LogP contribution >= 0.6 is 0 Å². The van der Waals surface area contributed by atoms with E-state index in [0.29, 0.717) is 5.92 Å². The van der Waals surface area contributed by atoms with E-state index in [2.05, 4.69) is 64.2 Å². The minimum Gasteiger partial charge on any atom is -0.493 e. The summed E-state index contributed by atoms with van der Waals surface area (Å²) in [5, 5.41) is 3.55. The number of nitrogens with one attached hydrogen (secondary N) is 1. The Kier molecular flexibility index (Phi) is 5.67. The molecule has 0 saturated heterocycles. The zero-order valence-electron chi connectivity index (χ0n) is 12.4. The first kappa shape index (κ1) is 15.0. The van der Waals surface area contributed by atoms with Gasteiger partial charge in [0.25, 0.3) is 0 Å². The normalized spacial score (nSPS) is 11.9. The van der Waals surface area contributed by atoms with E-state index in [1.54, 1.807) is 0 Å². The molecule has 1 N–H and O–H groups in total. The summed E-state index contributed by atoms with van der Waals surface area (Å²) < 4.78 is 5.67. The van der Waals surface area contributed by atoms with Gasteiger partial charge in [0.1, 0.15) is 5.75 Å². The summed E-state index contributed by atoms with van der Waals surface area (Å²) in [6, 6.07) is 8.37. The van der Waals surface area contributed by atoms with Crippen molar-refractivity contribution in [3.63, 3.8) is 0 Å². The molecule has 0 unspecified atom stereocenters. The molecule has 0 spiro atoms. The second-order valence-corrected chi connectivity index (χ2v) is 5.94. The van der Waals surface area contributed by atoms with Crippen molar-refractivity contribution in [3.05, 3.63) is 29.8 Å². The van der Waals surface area contributed by atoms with Crippen LogP contribution in [0.1, 0.15) is 46.6 Å². The zero-order chi connectivity index (χ0) is 13.6. The zero-order valence-corrected chi connectivity index (χ0v) is 12.4. The van der Waals surface area contributed by atoms with E-state index in [9.17, 15) is 0 Å². The van der Waals surface area contributed by atoms with Crippen LogP contribution in [0.15, 0.2) is 24.3 Å². The van der Waals surface area contributed by atoms with Crippen LogP contribution in [0.3, 0.4) is 0 Å². The van der Waals surface area contributed by atoms with Crippen LogP contribution in [0.2, 0.25) is 0 Å². The summed E-state index contributed by atoms with van der Waals surface area (Å²) in [7, 11) is 0. The van der Waals surface area contributed by atoms with Gasteiger partial charge in [-0.25, -0.2) is 0 Å². The molecule has 0 aliphatic rings. The molecule has 18 heavy (non-hydrogen) atoms. The summed E-state index contributed by atoms with van der Waals surface area (Å²) in [5.74, 6) is 1.53. The van der Waals surface area contributed by atoms with Gasteiger partial charge in [-0.3, -0.25) is 0 Å². The van der Waals surface area contributed by atoms with Crippen LogP contribution < -0.4 is 10.1 Å². The van der Waals surface area contributed by atoms with Crippen molar-refractivity contribution in [2.45, 2.75) is 53.1 Å². The maximum Gasteiger partial charge on any atom is 0.119 e. The van der Waals surface area contributed by atoms with Crippen LogP contribution in [0.4, 0.5) is 0 Å². The molecular formula is C16H27NO. The fraction of sp³-hybridized carbons (Fsp3) is 0.625. The molecule has 1 aromatic rings. The highest BCUT2D eigenvalue weighted by molar-refractivity contribution is 5.27.